The van der Waals surface area contributed by atoms with Gasteiger partial charge in [0, 0.05) is 12.7 Å². The zero-order valence-electron chi connectivity index (χ0n) is 12.4. The summed E-state index contributed by atoms with van der Waals surface area (Å²) in [6.45, 7) is 8.94. The second kappa shape index (κ2) is 5.87. The number of aryl methyl sites for hydroxylation is 1. The molecule has 0 bridgehead atoms. The molecule has 4 nitrogen and oxygen atoms in total. The first kappa shape index (κ1) is 14.3. The summed E-state index contributed by atoms with van der Waals surface area (Å²) in [6, 6.07) is 1.87. The van der Waals surface area contributed by atoms with Crippen molar-refractivity contribution in [3.8, 4) is 0 Å². The summed E-state index contributed by atoms with van der Waals surface area (Å²) in [7, 11) is 0. The van der Waals surface area contributed by atoms with Crippen LogP contribution in [-0.2, 0) is 6.54 Å². The van der Waals surface area contributed by atoms with Gasteiger partial charge >= 0.3 is 0 Å². The summed E-state index contributed by atoms with van der Waals surface area (Å²) in [5.74, 6) is 0.271. The van der Waals surface area contributed by atoms with Gasteiger partial charge in [-0.3, -0.25) is 14.4 Å². The fourth-order valence-electron chi connectivity index (χ4n) is 3.49. The summed E-state index contributed by atoms with van der Waals surface area (Å²) in [5, 5.41) is 4.25. The van der Waals surface area contributed by atoms with Crippen molar-refractivity contribution in [3.63, 3.8) is 0 Å². The third-order valence-electron chi connectivity index (χ3n) is 4.47. The molecule has 2 rings (SSSR count). The van der Waals surface area contributed by atoms with Gasteiger partial charge in [-0.25, -0.2) is 0 Å². The van der Waals surface area contributed by atoms with Crippen molar-refractivity contribution in [1.29, 1.82) is 0 Å². The molecule has 106 valence electrons. The Morgan fingerprint density at radius 2 is 1.95 bits per heavy atom. The number of likely N-dealkylation sites (N-methyl/N-ethyl adjacent to an activating group) is 1. The highest BCUT2D eigenvalue weighted by atomic mass is 16.1. The molecule has 0 spiro atoms. The molecular weight excluding hydrogens is 238 g/mol. The predicted octanol–water partition coefficient (Wildman–Crippen LogP) is 2.74. The lowest BCUT2D eigenvalue weighted by Crippen LogP contribution is -2.53. The van der Waals surface area contributed by atoms with Crippen LogP contribution < -0.4 is 0 Å². The maximum absolute atomic E-state index is 13.1. The number of carbonyl (C=O) groups is 1. The maximum atomic E-state index is 13.1. The lowest BCUT2D eigenvalue weighted by Gasteiger charge is -2.38. The van der Waals surface area contributed by atoms with E-state index in [0.29, 0.717) is 0 Å². The Balaban J connectivity index is 2.37. The first-order valence-corrected chi connectivity index (χ1v) is 7.51. The number of aromatic nitrogens is 2. The van der Waals surface area contributed by atoms with Gasteiger partial charge in [0.05, 0.1) is 5.54 Å². The van der Waals surface area contributed by atoms with E-state index in [1.165, 1.54) is 0 Å². The lowest BCUT2D eigenvalue weighted by molar-refractivity contribution is 0.0573. The standard InChI is InChI=1S/C15H25N3O/c1-4-17(5-2)15(10-7-8-11-15)14(19)13-9-12-16-18(13)6-3/h9,12H,4-8,10-11H2,1-3H3. The van der Waals surface area contributed by atoms with Crippen molar-refractivity contribution in [2.24, 2.45) is 0 Å². The molecule has 0 atom stereocenters. The van der Waals surface area contributed by atoms with Gasteiger partial charge in [-0.05, 0) is 38.9 Å². The van der Waals surface area contributed by atoms with Crippen molar-refractivity contribution in [1.82, 2.24) is 14.7 Å². The maximum Gasteiger partial charge on any atom is 0.201 e. The minimum absolute atomic E-state index is 0.271. The molecule has 0 aliphatic heterocycles. The molecule has 0 aromatic carbocycles. The number of nitrogens with zero attached hydrogens (tertiary/aromatic N) is 3. The average molecular weight is 263 g/mol. The molecule has 0 amide bonds. The highest BCUT2D eigenvalue weighted by molar-refractivity contribution is 6.02. The number of Topliss-reactive ketones (excluding diaryl/α,β-unsaturated/α-hetero) is 1. The largest absolute Gasteiger partial charge is 0.291 e. The second-order valence-corrected chi connectivity index (χ2v) is 5.27. The molecule has 1 fully saturated rings. The van der Waals surface area contributed by atoms with E-state index in [-0.39, 0.29) is 11.3 Å². The van der Waals surface area contributed by atoms with Gasteiger partial charge in [-0.15, -0.1) is 0 Å². The summed E-state index contributed by atoms with van der Waals surface area (Å²) in [4.78, 5) is 15.4. The van der Waals surface area contributed by atoms with Gasteiger partial charge in [-0.1, -0.05) is 26.7 Å². The van der Waals surface area contributed by atoms with Gasteiger partial charge in [0.15, 0.2) is 0 Å². The fraction of sp³-hybridized carbons (Fsp3) is 0.733. The molecule has 0 saturated heterocycles. The van der Waals surface area contributed by atoms with Crippen LogP contribution in [0.5, 0.6) is 0 Å². The highest BCUT2D eigenvalue weighted by Crippen LogP contribution is 2.37. The molecule has 1 heterocycles. The van der Waals surface area contributed by atoms with E-state index >= 15 is 0 Å². The quantitative estimate of drug-likeness (QED) is 0.741. The van der Waals surface area contributed by atoms with E-state index in [1.54, 1.807) is 6.20 Å². The van der Waals surface area contributed by atoms with Crippen LogP contribution >= 0.6 is 0 Å². The fourth-order valence-corrected chi connectivity index (χ4v) is 3.49. The van der Waals surface area contributed by atoms with Gasteiger partial charge < -0.3 is 0 Å². The van der Waals surface area contributed by atoms with Crippen LogP contribution in [-0.4, -0.2) is 39.1 Å². The lowest BCUT2D eigenvalue weighted by atomic mass is 9.87. The van der Waals surface area contributed by atoms with Crippen LogP contribution in [0.15, 0.2) is 12.3 Å². The third kappa shape index (κ3) is 2.34. The number of rotatable bonds is 6. The van der Waals surface area contributed by atoms with Gasteiger partial charge in [0.2, 0.25) is 5.78 Å². The molecule has 19 heavy (non-hydrogen) atoms. The molecule has 1 saturated carbocycles. The molecule has 0 N–H and O–H groups in total. The number of ketones is 1. The van der Waals surface area contributed by atoms with Gasteiger partial charge in [0.25, 0.3) is 0 Å². The first-order valence-electron chi connectivity index (χ1n) is 7.51. The van der Waals surface area contributed by atoms with Crippen LogP contribution in [0.1, 0.15) is 56.9 Å². The van der Waals surface area contributed by atoms with Crippen LogP contribution in [0.3, 0.4) is 0 Å². The molecule has 0 unspecified atom stereocenters. The molecule has 4 heteroatoms. The molecule has 1 aromatic heterocycles. The number of carbonyl (C=O) groups excluding carboxylic acids is 1. The van der Waals surface area contributed by atoms with Crippen LogP contribution in [0, 0.1) is 0 Å². The van der Waals surface area contributed by atoms with E-state index in [2.05, 4.69) is 23.8 Å². The molecule has 1 aromatic rings. The van der Waals surface area contributed by atoms with Gasteiger partial charge in [-0.2, -0.15) is 5.10 Å². The molecule has 1 aliphatic rings. The van der Waals surface area contributed by atoms with Crippen LogP contribution in [0.2, 0.25) is 0 Å². The summed E-state index contributed by atoms with van der Waals surface area (Å²) < 4.78 is 1.83. The van der Waals surface area contributed by atoms with Gasteiger partial charge in [0.1, 0.15) is 5.69 Å². The Bertz CT molecular complexity index is 428. The Morgan fingerprint density at radius 1 is 1.32 bits per heavy atom. The molecule has 1 aliphatic carbocycles. The first-order chi connectivity index (χ1) is 9.19. The summed E-state index contributed by atoms with van der Waals surface area (Å²) in [5.41, 5.74) is 0.493. The monoisotopic (exact) mass is 263 g/mol. The zero-order chi connectivity index (χ0) is 13.9. The van der Waals surface area contributed by atoms with Crippen LogP contribution in [0.4, 0.5) is 0 Å². The van der Waals surface area contributed by atoms with Crippen molar-refractivity contribution in [3.05, 3.63) is 18.0 Å². The van der Waals surface area contributed by atoms with Crippen molar-refractivity contribution in [2.75, 3.05) is 13.1 Å². The Hall–Kier alpha value is -1.16. The highest BCUT2D eigenvalue weighted by Gasteiger charge is 2.46. The summed E-state index contributed by atoms with van der Waals surface area (Å²) >= 11 is 0. The third-order valence-corrected chi connectivity index (χ3v) is 4.47. The Labute approximate surface area is 115 Å². The minimum atomic E-state index is -0.281. The Kier molecular flexibility index (Phi) is 4.40. The second-order valence-electron chi connectivity index (χ2n) is 5.27. The van der Waals surface area contributed by atoms with Crippen molar-refractivity contribution >= 4 is 5.78 Å². The minimum Gasteiger partial charge on any atom is -0.291 e. The SMILES string of the molecule is CCN(CC)C1(C(=O)c2ccnn2CC)CCCC1. The zero-order valence-corrected chi connectivity index (χ0v) is 12.4. The average Bonchev–Trinajstić information content (AvgIpc) is 3.08. The molecular formula is C15H25N3O. The van der Waals surface area contributed by atoms with E-state index in [0.717, 1.165) is 51.0 Å². The van der Waals surface area contributed by atoms with E-state index < -0.39 is 0 Å². The Morgan fingerprint density at radius 3 is 2.47 bits per heavy atom. The van der Waals surface area contributed by atoms with E-state index in [4.69, 9.17) is 0 Å². The predicted molar refractivity (Wildman–Crippen MR) is 76.4 cm³/mol. The van der Waals surface area contributed by atoms with Crippen LogP contribution in [0.25, 0.3) is 0 Å². The molecule has 0 radical (unpaired) electrons. The number of hydrogen-bond donors (Lipinski definition) is 0. The smallest absolute Gasteiger partial charge is 0.201 e. The topological polar surface area (TPSA) is 38.1 Å². The normalized spacial score (nSPS) is 18.1. The van der Waals surface area contributed by atoms with Crippen molar-refractivity contribution in [2.45, 2.75) is 58.5 Å². The number of hydrogen-bond acceptors (Lipinski definition) is 3. The summed E-state index contributed by atoms with van der Waals surface area (Å²) in [6.07, 6.45) is 6.03. The van der Waals surface area contributed by atoms with Crippen molar-refractivity contribution < 1.29 is 4.79 Å². The van der Waals surface area contributed by atoms with E-state index in [1.807, 2.05) is 17.7 Å². The van der Waals surface area contributed by atoms with E-state index in [9.17, 15) is 4.79 Å².